The quantitative estimate of drug-likeness (QED) is 0.0469. The highest BCUT2D eigenvalue weighted by atomic mass is 16.6. The number of unbranched alkanes of at least 4 members (excludes halogenated alkanes) is 28. The van der Waals surface area contributed by atoms with Crippen LogP contribution in [-0.4, -0.2) is 46.6 Å². The molecule has 0 rings (SSSR count). The van der Waals surface area contributed by atoms with E-state index in [9.17, 15) is 9.59 Å². The van der Waals surface area contributed by atoms with Crippen LogP contribution in [0.5, 0.6) is 0 Å². The van der Waals surface area contributed by atoms with E-state index in [4.69, 9.17) is 20.1 Å². The summed E-state index contributed by atoms with van der Waals surface area (Å²) in [6.45, 7) is 3.90. The number of carboxylic acid groups (broad SMARTS) is 1. The van der Waals surface area contributed by atoms with Gasteiger partial charge in [-0.1, -0.05) is 194 Å². The molecule has 0 heterocycles. The molecule has 0 aliphatic rings. The molecular weight excluding hydrogens is 564 g/mol. The highest BCUT2D eigenvalue weighted by Gasteiger charge is 2.11. The first kappa shape index (κ1) is 46.0. The van der Waals surface area contributed by atoms with Crippen LogP contribution in [0.4, 0.5) is 0 Å². The number of aliphatic hydroxyl groups is 2. The molecule has 0 aromatic carbocycles. The summed E-state index contributed by atoms with van der Waals surface area (Å²) in [4.78, 5) is 21.8. The zero-order valence-electron chi connectivity index (χ0n) is 30.2. The fourth-order valence-corrected chi connectivity index (χ4v) is 5.67. The molecule has 0 bridgehead atoms. The van der Waals surface area contributed by atoms with Gasteiger partial charge < -0.3 is 20.1 Å². The molecule has 0 amide bonds. The van der Waals surface area contributed by atoms with Gasteiger partial charge in [0.2, 0.25) is 0 Å². The molecule has 3 N–H and O–H groups in total. The summed E-state index contributed by atoms with van der Waals surface area (Å²) < 4.78 is 4.93. The average molecular weight is 643 g/mol. The average Bonchev–Trinajstić information content (AvgIpc) is 3.03. The molecule has 0 saturated heterocycles. The van der Waals surface area contributed by atoms with Crippen molar-refractivity contribution in [1.29, 1.82) is 0 Å². The van der Waals surface area contributed by atoms with Gasteiger partial charge in [0, 0.05) is 12.8 Å². The van der Waals surface area contributed by atoms with Crippen molar-refractivity contribution in [2.24, 2.45) is 0 Å². The van der Waals surface area contributed by atoms with E-state index in [2.05, 4.69) is 13.8 Å². The van der Waals surface area contributed by atoms with E-state index < -0.39 is 12.1 Å². The van der Waals surface area contributed by atoms with Crippen LogP contribution in [0.1, 0.15) is 219 Å². The molecule has 0 aromatic rings. The summed E-state index contributed by atoms with van der Waals surface area (Å²) in [5.74, 6) is -0.970. The number of carboxylic acids is 1. The predicted octanol–water partition coefficient (Wildman–Crippen LogP) is 11.5. The SMILES string of the molecule is CCCCCCCCCCCCCCCCCC(=O)O.CCCCCCCCCCCCCCCCCC(=O)OC(CO)CO. The molecule has 0 fully saturated rings. The van der Waals surface area contributed by atoms with E-state index in [1.807, 2.05) is 0 Å². The van der Waals surface area contributed by atoms with Crippen LogP contribution >= 0.6 is 0 Å². The highest BCUT2D eigenvalue weighted by Crippen LogP contribution is 2.15. The molecule has 0 spiro atoms. The Bertz CT molecular complexity index is 578. The lowest BCUT2D eigenvalue weighted by atomic mass is 10.0. The lowest BCUT2D eigenvalue weighted by Crippen LogP contribution is -2.25. The number of aliphatic hydroxyl groups excluding tert-OH is 2. The zero-order chi connectivity index (χ0) is 33.5. The number of carbonyl (C=O) groups excluding carboxylic acids is 1. The van der Waals surface area contributed by atoms with Crippen LogP contribution in [0.25, 0.3) is 0 Å². The number of rotatable bonds is 35. The van der Waals surface area contributed by atoms with Gasteiger partial charge in [-0.25, -0.2) is 0 Å². The number of carbonyl (C=O) groups is 2. The van der Waals surface area contributed by atoms with Crippen LogP contribution in [0, 0.1) is 0 Å². The van der Waals surface area contributed by atoms with Gasteiger partial charge in [-0.05, 0) is 12.8 Å². The number of ether oxygens (including phenoxy) is 1. The van der Waals surface area contributed by atoms with Crippen molar-refractivity contribution in [3.05, 3.63) is 0 Å². The summed E-state index contributed by atoms with van der Waals surface area (Å²) in [5.41, 5.74) is 0. The normalized spacial score (nSPS) is 11.0. The number of hydrogen-bond acceptors (Lipinski definition) is 5. The molecule has 45 heavy (non-hydrogen) atoms. The van der Waals surface area contributed by atoms with Gasteiger partial charge in [-0.2, -0.15) is 0 Å². The third kappa shape index (κ3) is 42.9. The Morgan fingerprint density at radius 2 is 0.667 bits per heavy atom. The summed E-state index contributed by atoms with van der Waals surface area (Å²) in [7, 11) is 0. The number of aliphatic carboxylic acids is 1. The van der Waals surface area contributed by atoms with E-state index in [1.54, 1.807) is 0 Å². The van der Waals surface area contributed by atoms with Crippen LogP contribution in [-0.2, 0) is 14.3 Å². The molecule has 0 saturated carbocycles. The molecule has 0 unspecified atom stereocenters. The summed E-state index contributed by atoms with van der Waals surface area (Å²) >= 11 is 0. The Morgan fingerprint density at radius 1 is 0.422 bits per heavy atom. The van der Waals surface area contributed by atoms with Gasteiger partial charge in [-0.15, -0.1) is 0 Å². The Morgan fingerprint density at radius 3 is 0.911 bits per heavy atom. The molecule has 6 heteroatoms. The first-order valence-corrected chi connectivity index (χ1v) is 19.6. The fraction of sp³-hybridized carbons (Fsp3) is 0.949. The van der Waals surface area contributed by atoms with Gasteiger partial charge in [0.15, 0.2) is 0 Å². The van der Waals surface area contributed by atoms with Gasteiger partial charge in [0.05, 0.1) is 13.2 Å². The number of esters is 1. The van der Waals surface area contributed by atoms with Crippen molar-refractivity contribution >= 4 is 11.9 Å². The van der Waals surface area contributed by atoms with E-state index >= 15 is 0 Å². The second kappa shape index (κ2) is 40.9. The van der Waals surface area contributed by atoms with Crippen molar-refractivity contribution in [3.63, 3.8) is 0 Å². The molecule has 0 aliphatic heterocycles. The van der Waals surface area contributed by atoms with Crippen molar-refractivity contribution in [2.45, 2.75) is 225 Å². The zero-order valence-corrected chi connectivity index (χ0v) is 30.2. The van der Waals surface area contributed by atoms with Crippen LogP contribution in [0.3, 0.4) is 0 Å². The minimum atomic E-state index is -0.760. The largest absolute Gasteiger partial charge is 0.481 e. The summed E-state index contributed by atoms with van der Waals surface area (Å²) in [5, 5.41) is 26.2. The van der Waals surface area contributed by atoms with Crippen molar-refractivity contribution in [3.8, 4) is 0 Å². The van der Waals surface area contributed by atoms with Crippen LogP contribution < -0.4 is 0 Å². The lowest BCUT2D eigenvalue weighted by Gasteiger charge is -2.12. The lowest BCUT2D eigenvalue weighted by molar-refractivity contribution is -0.153. The van der Waals surface area contributed by atoms with Gasteiger partial charge in [0.25, 0.3) is 0 Å². The molecule has 270 valence electrons. The van der Waals surface area contributed by atoms with Gasteiger partial charge >= 0.3 is 11.9 Å². The van der Waals surface area contributed by atoms with E-state index in [-0.39, 0.29) is 19.2 Å². The maximum absolute atomic E-state index is 11.5. The molecule has 0 atom stereocenters. The Kier molecular flexibility index (Phi) is 41.8. The standard InChI is InChI=1S/C21H42O4.C18H36O2/c1-2-3-4-5-6-7-8-9-10-11-12-13-14-15-16-17-21(24)25-20(18-22)19-23;1-2-3-4-5-6-7-8-9-10-11-12-13-14-15-16-17-18(19)20/h20,22-23H,2-19H2,1H3;2-17H2,1H3,(H,19,20). The number of hydrogen-bond donors (Lipinski definition) is 3. The second-order valence-corrected chi connectivity index (χ2v) is 13.3. The first-order chi connectivity index (χ1) is 22.0. The minimum absolute atomic E-state index is 0.317. The third-order valence-electron chi connectivity index (χ3n) is 8.68. The minimum Gasteiger partial charge on any atom is -0.481 e. The van der Waals surface area contributed by atoms with Crippen molar-refractivity contribution < 1.29 is 29.6 Å². The molecule has 0 radical (unpaired) electrons. The molecule has 6 nitrogen and oxygen atoms in total. The highest BCUT2D eigenvalue weighted by molar-refractivity contribution is 5.69. The van der Waals surface area contributed by atoms with E-state index in [0.29, 0.717) is 12.8 Å². The molecule has 0 aliphatic carbocycles. The first-order valence-electron chi connectivity index (χ1n) is 19.6. The summed E-state index contributed by atoms with van der Waals surface area (Å²) in [6, 6.07) is 0. The van der Waals surface area contributed by atoms with E-state index in [0.717, 1.165) is 25.7 Å². The second-order valence-electron chi connectivity index (χ2n) is 13.3. The van der Waals surface area contributed by atoms with Gasteiger partial charge in [0.1, 0.15) is 6.10 Å². The van der Waals surface area contributed by atoms with Crippen LogP contribution in [0.15, 0.2) is 0 Å². The Hall–Kier alpha value is -1.14. The smallest absolute Gasteiger partial charge is 0.306 e. The third-order valence-corrected chi connectivity index (χ3v) is 8.68. The van der Waals surface area contributed by atoms with Crippen molar-refractivity contribution in [2.75, 3.05) is 13.2 Å². The maximum Gasteiger partial charge on any atom is 0.306 e. The Labute approximate surface area is 279 Å². The van der Waals surface area contributed by atoms with Gasteiger partial charge in [-0.3, -0.25) is 9.59 Å². The maximum atomic E-state index is 11.5. The van der Waals surface area contributed by atoms with E-state index in [1.165, 1.54) is 167 Å². The summed E-state index contributed by atoms with van der Waals surface area (Å²) in [6.07, 6.45) is 39.3. The Balaban J connectivity index is 0. The molecule has 0 aromatic heterocycles. The monoisotopic (exact) mass is 643 g/mol. The van der Waals surface area contributed by atoms with Crippen molar-refractivity contribution in [1.82, 2.24) is 0 Å². The molecular formula is C39H78O6. The fourth-order valence-electron chi connectivity index (χ4n) is 5.67. The predicted molar refractivity (Wildman–Crippen MR) is 191 cm³/mol. The van der Waals surface area contributed by atoms with Crippen LogP contribution in [0.2, 0.25) is 0 Å². The topological polar surface area (TPSA) is 104 Å².